The zero-order valence-corrected chi connectivity index (χ0v) is 12.4. The number of carbonyl (C=O) groups excluding carboxylic acids is 1. The lowest BCUT2D eigenvalue weighted by molar-refractivity contribution is -0.137. The summed E-state index contributed by atoms with van der Waals surface area (Å²) in [4.78, 5) is 10.6. The van der Waals surface area contributed by atoms with Crippen LogP contribution in [0.25, 0.3) is 0 Å². The molecule has 3 N–H and O–H groups in total. The zero-order valence-electron chi connectivity index (χ0n) is 11.6. The summed E-state index contributed by atoms with van der Waals surface area (Å²) in [5.41, 5.74) is 5.54. The SMILES string of the molecule is C=CC(=O)OCCCC(C)(C)N.CCOS(=O)(=O)O. The van der Waals surface area contributed by atoms with Gasteiger partial charge in [-0.2, -0.15) is 8.42 Å². The van der Waals surface area contributed by atoms with Gasteiger partial charge < -0.3 is 10.5 Å². The zero-order chi connectivity index (χ0) is 15.5. The number of hydrogen-bond acceptors (Lipinski definition) is 6. The Morgan fingerprint density at radius 3 is 2.26 bits per heavy atom. The van der Waals surface area contributed by atoms with Crippen LogP contribution in [0.2, 0.25) is 0 Å². The van der Waals surface area contributed by atoms with Crippen molar-refractivity contribution in [3.8, 4) is 0 Å². The predicted octanol–water partition coefficient (Wildman–Crippen LogP) is 1.06. The molecule has 0 aliphatic heterocycles. The fraction of sp³-hybridized carbons (Fsp3) is 0.727. The van der Waals surface area contributed by atoms with E-state index in [0.717, 1.165) is 18.9 Å². The van der Waals surface area contributed by atoms with Crippen molar-refractivity contribution in [2.24, 2.45) is 5.73 Å². The molecule has 0 unspecified atom stereocenters. The molecular formula is C11H23NO6S. The Hall–Kier alpha value is -0.960. The van der Waals surface area contributed by atoms with E-state index >= 15 is 0 Å². The molecule has 0 spiro atoms. The fourth-order valence-corrected chi connectivity index (χ4v) is 1.21. The summed E-state index contributed by atoms with van der Waals surface area (Å²) in [5.74, 6) is -0.371. The normalized spacial score (nSPS) is 11.2. The van der Waals surface area contributed by atoms with Crippen molar-refractivity contribution < 1.29 is 26.7 Å². The molecule has 7 nitrogen and oxygen atoms in total. The number of hydrogen-bond donors (Lipinski definition) is 2. The molecule has 0 aromatic carbocycles. The van der Waals surface area contributed by atoms with Crippen LogP contribution in [-0.4, -0.2) is 37.7 Å². The number of esters is 1. The summed E-state index contributed by atoms with van der Waals surface area (Å²) in [6.45, 7) is 9.04. The van der Waals surface area contributed by atoms with Gasteiger partial charge in [0.15, 0.2) is 0 Å². The van der Waals surface area contributed by atoms with Gasteiger partial charge >= 0.3 is 16.4 Å². The Kier molecular flexibility index (Phi) is 10.6. The highest BCUT2D eigenvalue weighted by Crippen LogP contribution is 2.06. The number of nitrogens with two attached hydrogens (primary N) is 1. The van der Waals surface area contributed by atoms with E-state index in [2.05, 4.69) is 10.8 Å². The van der Waals surface area contributed by atoms with Gasteiger partial charge in [-0.15, -0.1) is 0 Å². The Balaban J connectivity index is 0. The first-order valence-electron chi connectivity index (χ1n) is 5.71. The Morgan fingerprint density at radius 2 is 2.00 bits per heavy atom. The first-order chi connectivity index (χ1) is 8.52. The second-order valence-corrected chi connectivity index (χ2v) is 5.39. The maximum Gasteiger partial charge on any atom is 0.397 e. The maximum absolute atomic E-state index is 10.6. The van der Waals surface area contributed by atoms with Crippen molar-refractivity contribution in [1.29, 1.82) is 0 Å². The molecule has 0 aromatic heterocycles. The van der Waals surface area contributed by atoms with Crippen LogP contribution in [0.1, 0.15) is 33.6 Å². The van der Waals surface area contributed by atoms with E-state index in [-0.39, 0.29) is 18.1 Å². The molecule has 0 amide bonds. The number of carbonyl (C=O) groups is 1. The summed E-state index contributed by atoms with van der Waals surface area (Å²) in [7, 11) is -4.17. The minimum atomic E-state index is -4.17. The highest BCUT2D eigenvalue weighted by atomic mass is 32.3. The average Bonchev–Trinajstić information content (AvgIpc) is 2.22. The Labute approximate surface area is 114 Å². The van der Waals surface area contributed by atoms with E-state index in [1.165, 1.54) is 6.92 Å². The largest absolute Gasteiger partial charge is 0.463 e. The summed E-state index contributed by atoms with van der Waals surface area (Å²) in [6.07, 6.45) is 2.80. The molecule has 0 aliphatic carbocycles. The second-order valence-electron chi connectivity index (χ2n) is 4.30. The van der Waals surface area contributed by atoms with Crippen LogP contribution in [-0.2, 0) is 24.1 Å². The molecule has 0 saturated carbocycles. The minimum absolute atomic E-state index is 0.0289. The Bertz CT molecular complexity index is 358. The van der Waals surface area contributed by atoms with Gasteiger partial charge in [0.25, 0.3) is 0 Å². The summed E-state index contributed by atoms with van der Waals surface area (Å²) in [6, 6.07) is 0. The summed E-state index contributed by atoms with van der Waals surface area (Å²) < 4.78 is 35.4. The van der Waals surface area contributed by atoms with Gasteiger partial charge in [-0.25, -0.2) is 8.98 Å². The topological polar surface area (TPSA) is 116 Å². The van der Waals surface area contributed by atoms with Gasteiger partial charge in [0, 0.05) is 11.6 Å². The van der Waals surface area contributed by atoms with Gasteiger partial charge in [0.05, 0.1) is 13.2 Å². The van der Waals surface area contributed by atoms with Gasteiger partial charge in [0.1, 0.15) is 0 Å². The molecule has 19 heavy (non-hydrogen) atoms. The predicted molar refractivity (Wildman–Crippen MR) is 71.8 cm³/mol. The number of ether oxygens (including phenoxy) is 1. The van der Waals surface area contributed by atoms with Crippen LogP contribution in [0.5, 0.6) is 0 Å². The third-order valence-corrected chi connectivity index (χ3v) is 2.18. The van der Waals surface area contributed by atoms with E-state index in [9.17, 15) is 13.2 Å². The first-order valence-corrected chi connectivity index (χ1v) is 7.08. The maximum atomic E-state index is 10.6. The van der Waals surface area contributed by atoms with Crippen molar-refractivity contribution in [3.63, 3.8) is 0 Å². The van der Waals surface area contributed by atoms with Crippen LogP contribution in [0, 0.1) is 0 Å². The van der Waals surface area contributed by atoms with E-state index in [0.29, 0.717) is 6.61 Å². The average molecular weight is 297 g/mol. The smallest absolute Gasteiger partial charge is 0.397 e. The lowest BCUT2D eigenvalue weighted by Crippen LogP contribution is -2.31. The summed E-state index contributed by atoms with van der Waals surface area (Å²) >= 11 is 0. The monoisotopic (exact) mass is 297 g/mol. The Morgan fingerprint density at radius 1 is 1.47 bits per heavy atom. The summed E-state index contributed by atoms with van der Waals surface area (Å²) in [5, 5.41) is 0. The number of rotatable bonds is 7. The fourth-order valence-electron chi connectivity index (χ4n) is 0.908. The van der Waals surface area contributed by atoms with E-state index < -0.39 is 10.4 Å². The first kappa shape index (κ1) is 20.4. The quantitative estimate of drug-likeness (QED) is 0.312. The molecule has 0 rings (SSSR count). The molecule has 0 heterocycles. The molecule has 0 fully saturated rings. The van der Waals surface area contributed by atoms with Gasteiger partial charge in [-0.1, -0.05) is 6.58 Å². The van der Waals surface area contributed by atoms with E-state index in [1.807, 2.05) is 13.8 Å². The lowest BCUT2D eigenvalue weighted by atomic mass is 10.0. The molecule has 114 valence electrons. The van der Waals surface area contributed by atoms with Crippen LogP contribution in [0.3, 0.4) is 0 Å². The second kappa shape index (κ2) is 9.90. The molecular weight excluding hydrogens is 274 g/mol. The highest BCUT2D eigenvalue weighted by molar-refractivity contribution is 7.80. The van der Waals surface area contributed by atoms with Gasteiger partial charge in [0.2, 0.25) is 0 Å². The molecule has 0 bridgehead atoms. The van der Waals surface area contributed by atoms with E-state index in [4.69, 9.17) is 15.0 Å². The van der Waals surface area contributed by atoms with Crippen molar-refractivity contribution in [2.45, 2.75) is 39.2 Å². The molecule has 8 heteroatoms. The van der Waals surface area contributed by atoms with Crippen LogP contribution < -0.4 is 5.73 Å². The molecule has 0 aromatic rings. The van der Waals surface area contributed by atoms with E-state index in [1.54, 1.807) is 0 Å². The highest BCUT2D eigenvalue weighted by Gasteiger charge is 2.09. The van der Waals surface area contributed by atoms with Gasteiger partial charge in [-0.3, -0.25) is 4.55 Å². The molecule has 0 radical (unpaired) electrons. The molecule has 0 saturated heterocycles. The molecule has 0 aliphatic rings. The van der Waals surface area contributed by atoms with Crippen molar-refractivity contribution in [3.05, 3.63) is 12.7 Å². The third kappa shape index (κ3) is 22.7. The van der Waals surface area contributed by atoms with Crippen LogP contribution >= 0.6 is 0 Å². The van der Waals surface area contributed by atoms with Crippen LogP contribution in [0.15, 0.2) is 12.7 Å². The minimum Gasteiger partial charge on any atom is -0.463 e. The van der Waals surface area contributed by atoms with Crippen molar-refractivity contribution in [1.82, 2.24) is 0 Å². The van der Waals surface area contributed by atoms with Gasteiger partial charge in [-0.05, 0) is 33.6 Å². The van der Waals surface area contributed by atoms with Crippen molar-refractivity contribution in [2.75, 3.05) is 13.2 Å². The molecule has 0 atom stereocenters. The third-order valence-electron chi connectivity index (χ3n) is 1.64. The van der Waals surface area contributed by atoms with Crippen molar-refractivity contribution >= 4 is 16.4 Å². The lowest BCUT2D eigenvalue weighted by Gasteiger charge is -2.17. The van der Waals surface area contributed by atoms with Crippen LogP contribution in [0.4, 0.5) is 0 Å². The standard InChI is InChI=1S/C9H17NO2.C2H6O4S/c1-4-8(11)12-7-5-6-9(2,3)10;1-2-6-7(3,4)5/h4H,1,5-7,10H2,2-3H3;2H2,1H3,(H,3,4,5).